The Balaban J connectivity index is 1.62. The van der Waals surface area contributed by atoms with E-state index in [0.29, 0.717) is 5.95 Å². The van der Waals surface area contributed by atoms with E-state index in [4.69, 9.17) is 14.2 Å². The fourth-order valence-electron chi connectivity index (χ4n) is 3.56. The lowest BCUT2D eigenvalue weighted by atomic mass is 10.1. The summed E-state index contributed by atoms with van der Waals surface area (Å²) in [6.07, 6.45) is 2.40. The van der Waals surface area contributed by atoms with Crippen molar-refractivity contribution in [3.05, 3.63) is 70.9 Å². The Morgan fingerprint density at radius 1 is 1.16 bits per heavy atom. The highest BCUT2D eigenvalue weighted by atomic mass is 16.5. The molecule has 1 aliphatic heterocycles. The molecule has 7 heteroatoms. The van der Waals surface area contributed by atoms with Crippen molar-refractivity contribution in [2.24, 2.45) is 0 Å². The lowest BCUT2D eigenvalue weighted by Crippen LogP contribution is -2.18. The molecule has 2 heterocycles. The lowest BCUT2D eigenvalue weighted by molar-refractivity contribution is 0.0519. The average molecular weight is 419 g/mol. The summed E-state index contributed by atoms with van der Waals surface area (Å²) in [5.74, 6) is 0.972. The molecule has 0 radical (unpaired) electrons. The fourth-order valence-corrected chi connectivity index (χ4v) is 3.56. The van der Waals surface area contributed by atoms with Gasteiger partial charge in [0.05, 0.1) is 19.9 Å². The van der Waals surface area contributed by atoms with E-state index in [2.05, 4.69) is 35.1 Å². The highest BCUT2D eigenvalue weighted by Gasteiger charge is 2.25. The van der Waals surface area contributed by atoms with Crippen molar-refractivity contribution in [2.45, 2.75) is 26.9 Å². The molecule has 0 bridgehead atoms. The van der Waals surface area contributed by atoms with Crippen molar-refractivity contribution in [3.63, 3.8) is 0 Å². The van der Waals surface area contributed by atoms with Crippen molar-refractivity contribution in [2.75, 3.05) is 25.2 Å². The quantitative estimate of drug-likeness (QED) is 0.530. The Hall–Kier alpha value is -3.61. The van der Waals surface area contributed by atoms with Crippen LogP contribution in [0, 0.1) is 6.92 Å². The Morgan fingerprint density at radius 3 is 2.71 bits per heavy atom. The summed E-state index contributed by atoms with van der Waals surface area (Å²) in [5, 5.41) is 0. The first-order chi connectivity index (χ1) is 15.1. The average Bonchev–Trinajstić information content (AvgIpc) is 3.21. The SMILES string of the molecule is CCOC(=O)c1cnc(N2CCc3cc(C)ccc32)nc1OCc1ccc(OC)cc1. The van der Waals surface area contributed by atoms with Crippen LogP contribution in [0.4, 0.5) is 11.6 Å². The molecule has 0 N–H and O–H groups in total. The smallest absolute Gasteiger partial charge is 0.345 e. The number of ether oxygens (including phenoxy) is 3. The molecular weight excluding hydrogens is 394 g/mol. The summed E-state index contributed by atoms with van der Waals surface area (Å²) in [6, 6.07) is 13.9. The number of esters is 1. The van der Waals surface area contributed by atoms with Crippen molar-refractivity contribution in [1.82, 2.24) is 9.97 Å². The number of fused-ring (bicyclic) bond motifs is 1. The van der Waals surface area contributed by atoms with Gasteiger partial charge in [-0.15, -0.1) is 0 Å². The molecule has 0 spiro atoms. The maximum absolute atomic E-state index is 12.4. The first-order valence-electron chi connectivity index (χ1n) is 10.3. The second-order valence-electron chi connectivity index (χ2n) is 7.28. The van der Waals surface area contributed by atoms with Gasteiger partial charge in [-0.25, -0.2) is 9.78 Å². The zero-order valence-corrected chi connectivity index (χ0v) is 17.9. The zero-order valence-electron chi connectivity index (χ0n) is 17.9. The minimum atomic E-state index is -0.503. The maximum Gasteiger partial charge on any atom is 0.345 e. The maximum atomic E-state index is 12.4. The van der Waals surface area contributed by atoms with Crippen LogP contribution in [0.2, 0.25) is 0 Å². The second-order valence-corrected chi connectivity index (χ2v) is 7.28. The Kier molecular flexibility index (Phi) is 6.02. The van der Waals surface area contributed by atoms with E-state index in [1.807, 2.05) is 29.2 Å². The van der Waals surface area contributed by atoms with Gasteiger partial charge >= 0.3 is 5.97 Å². The van der Waals surface area contributed by atoms with Crippen LogP contribution in [0.25, 0.3) is 0 Å². The number of rotatable bonds is 7. The van der Waals surface area contributed by atoms with Crippen LogP contribution >= 0.6 is 0 Å². The number of hydrogen-bond donors (Lipinski definition) is 0. The summed E-state index contributed by atoms with van der Waals surface area (Å²) >= 11 is 0. The van der Waals surface area contributed by atoms with E-state index in [-0.39, 0.29) is 24.7 Å². The van der Waals surface area contributed by atoms with Gasteiger partial charge in [0, 0.05) is 12.2 Å². The standard InChI is InChI=1S/C24H25N3O4/c1-4-30-23(28)20-14-25-24(27-12-11-18-13-16(2)5-10-21(18)27)26-22(20)31-15-17-6-8-19(29-3)9-7-17/h5-10,13-14H,4,11-12,15H2,1-3H3. The third-order valence-corrected chi connectivity index (χ3v) is 5.14. The molecule has 1 aromatic heterocycles. The van der Waals surface area contributed by atoms with Gasteiger partial charge in [-0.3, -0.25) is 0 Å². The predicted molar refractivity (Wildman–Crippen MR) is 117 cm³/mol. The number of carbonyl (C=O) groups excluding carboxylic acids is 1. The summed E-state index contributed by atoms with van der Waals surface area (Å²) in [4.78, 5) is 23.5. The number of aryl methyl sites for hydroxylation is 1. The monoisotopic (exact) mass is 419 g/mol. The van der Waals surface area contributed by atoms with Gasteiger partial charge in [0.25, 0.3) is 0 Å². The molecule has 1 aliphatic rings. The summed E-state index contributed by atoms with van der Waals surface area (Å²) in [6.45, 7) is 5.13. The van der Waals surface area contributed by atoms with E-state index in [0.717, 1.165) is 30.0 Å². The first kappa shape index (κ1) is 20.7. The van der Waals surface area contributed by atoms with Crippen LogP contribution in [0.15, 0.2) is 48.7 Å². The topological polar surface area (TPSA) is 73.8 Å². The Bertz CT molecular complexity index is 1080. The largest absolute Gasteiger partial charge is 0.497 e. The number of hydrogen-bond acceptors (Lipinski definition) is 7. The molecule has 0 fully saturated rings. The highest BCUT2D eigenvalue weighted by molar-refractivity contribution is 5.91. The van der Waals surface area contributed by atoms with Gasteiger partial charge in [0.2, 0.25) is 11.8 Å². The van der Waals surface area contributed by atoms with Crippen LogP contribution in [0.3, 0.4) is 0 Å². The first-order valence-corrected chi connectivity index (χ1v) is 10.3. The van der Waals surface area contributed by atoms with E-state index < -0.39 is 5.97 Å². The van der Waals surface area contributed by atoms with Crippen molar-refractivity contribution in [3.8, 4) is 11.6 Å². The number of carbonyl (C=O) groups is 1. The third-order valence-electron chi connectivity index (χ3n) is 5.14. The van der Waals surface area contributed by atoms with E-state index >= 15 is 0 Å². The molecule has 0 saturated heterocycles. The van der Waals surface area contributed by atoms with Gasteiger partial charge < -0.3 is 19.1 Å². The van der Waals surface area contributed by atoms with Crippen LogP contribution in [0.5, 0.6) is 11.6 Å². The van der Waals surface area contributed by atoms with Crippen LogP contribution in [-0.4, -0.2) is 36.2 Å². The molecular formula is C24H25N3O4. The highest BCUT2D eigenvalue weighted by Crippen LogP contribution is 2.34. The normalized spacial score (nSPS) is 12.4. The third kappa shape index (κ3) is 4.45. The molecule has 7 nitrogen and oxygen atoms in total. The second kappa shape index (κ2) is 9.04. The summed E-state index contributed by atoms with van der Waals surface area (Å²) < 4.78 is 16.3. The lowest BCUT2D eigenvalue weighted by Gasteiger charge is -2.19. The van der Waals surface area contributed by atoms with Gasteiger partial charge in [0.15, 0.2) is 0 Å². The van der Waals surface area contributed by atoms with E-state index in [9.17, 15) is 4.79 Å². The Labute approximate surface area is 181 Å². The molecule has 4 rings (SSSR count). The van der Waals surface area contributed by atoms with Crippen LogP contribution in [-0.2, 0) is 17.8 Å². The summed E-state index contributed by atoms with van der Waals surface area (Å²) in [7, 11) is 1.62. The summed E-state index contributed by atoms with van der Waals surface area (Å²) in [5.41, 5.74) is 4.71. The van der Waals surface area contributed by atoms with Gasteiger partial charge in [0.1, 0.15) is 17.9 Å². The van der Waals surface area contributed by atoms with Crippen molar-refractivity contribution >= 4 is 17.6 Å². The number of anilines is 2. The molecule has 0 atom stereocenters. The predicted octanol–water partition coefficient (Wildman–Crippen LogP) is 4.24. The molecule has 0 saturated carbocycles. The van der Waals surface area contributed by atoms with Crippen molar-refractivity contribution < 1.29 is 19.0 Å². The number of methoxy groups -OCH3 is 1. The van der Waals surface area contributed by atoms with E-state index in [1.54, 1.807) is 14.0 Å². The molecule has 160 valence electrons. The van der Waals surface area contributed by atoms with Crippen LogP contribution < -0.4 is 14.4 Å². The molecule has 0 unspecified atom stereocenters. The molecule has 2 aromatic carbocycles. The molecule has 3 aromatic rings. The van der Waals surface area contributed by atoms with Gasteiger partial charge in [-0.05, 0) is 49.6 Å². The zero-order chi connectivity index (χ0) is 21.8. The minimum Gasteiger partial charge on any atom is -0.497 e. The number of aromatic nitrogens is 2. The fraction of sp³-hybridized carbons (Fsp3) is 0.292. The molecule has 0 aliphatic carbocycles. The minimum absolute atomic E-state index is 0.208. The molecule has 0 amide bonds. The molecule has 31 heavy (non-hydrogen) atoms. The van der Waals surface area contributed by atoms with E-state index in [1.165, 1.54) is 17.3 Å². The number of nitrogens with zero attached hydrogens (tertiary/aromatic N) is 3. The Morgan fingerprint density at radius 2 is 1.97 bits per heavy atom. The van der Waals surface area contributed by atoms with Gasteiger partial charge in [-0.1, -0.05) is 29.8 Å². The van der Waals surface area contributed by atoms with Crippen molar-refractivity contribution in [1.29, 1.82) is 0 Å². The van der Waals surface area contributed by atoms with Gasteiger partial charge in [-0.2, -0.15) is 4.98 Å². The number of benzene rings is 2. The van der Waals surface area contributed by atoms with Crippen LogP contribution in [0.1, 0.15) is 34.0 Å².